The van der Waals surface area contributed by atoms with Crippen LogP contribution in [0.25, 0.3) is 10.4 Å². The SMILES string of the molecule is COc1c(F)cc(C(=O)Nc2csc(-c3cccc(Cl)c3)c2C(=O)O)c(F)c1F. The van der Waals surface area contributed by atoms with Crippen LogP contribution in [0.2, 0.25) is 5.02 Å². The van der Waals surface area contributed by atoms with Gasteiger partial charge in [0.1, 0.15) is 5.56 Å². The number of halogens is 4. The fourth-order valence-corrected chi connectivity index (χ4v) is 3.81. The van der Waals surface area contributed by atoms with E-state index in [1.807, 2.05) is 0 Å². The number of carboxylic acids is 1. The number of amides is 1. The molecule has 10 heteroatoms. The first-order chi connectivity index (χ1) is 13.7. The number of hydrogen-bond acceptors (Lipinski definition) is 4. The number of ether oxygens (including phenoxy) is 1. The molecule has 3 rings (SSSR count). The monoisotopic (exact) mass is 441 g/mol. The molecule has 150 valence electrons. The maximum Gasteiger partial charge on any atom is 0.339 e. The topological polar surface area (TPSA) is 75.6 Å². The average molecular weight is 442 g/mol. The molecule has 0 unspecified atom stereocenters. The lowest BCUT2D eigenvalue weighted by atomic mass is 10.1. The minimum Gasteiger partial charge on any atom is -0.491 e. The molecular formula is C19H11ClF3NO4S. The van der Waals surface area contributed by atoms with Crippen LogP contribution in [0.1, 0.15) is 20.7 Å². The molecule has 5 nitrogen and oxygen atoms in total. The molecule has 0 bridgehead atoms. The highest BCUT2D eigenvalue weighted by molar-refractivity contribution is 7.14. The zero-order chi connectivity index (χ0) is 21.3. The molecule has 1 heterocycles. The van der Waals surface area contributed by atoms with E-state index in [9.17, 15) is 27.9 Å². The second kappa shape index (κ2) is 8.14. The van der Waals surface area contributed by atoms with Crippen molar-refractivity contribution in [3.8, 4) is 16.2 Å². The van der Waals surface area contributed by atoms with Crippen LogP contribution in [0.5, 0.6) is 5.75 Å². The molecule has 0 fully saturated rings. The van der Waals surface area contributed by atoms with Gasteiger partial charge < -0.3 is 15.2 Å². The van der Waals surface area contributed by atoms with Crippen molar-refractivity contribution in [3.63, 3.8) is 0 Å². The maximum absolute atomic E-state index is 14.1. The van der Waals surface area contributed by atoms with E-state index in [0.29, 0.717) is 21.5 Å². The summed E-state index contributed by atoms with van der Waals surface area (Å²) in [5, 5.41) is 13.5. The zero-order valence-corrected chi connectivity index (χ0v) is 16.1. The quantitative estimate of drug-likeness (QED) is 0.516. The molecule has 2 aromatic carbocycles. The summed E-state index contributed by atoms with van der Waals surface area (Å²) < 4.78 is 46.3. The highest BCUT2D eigenvalue weighted by Gasteiger charge is 2.26. The first-order valence-corrected chi connectivity index (χ1v) is 9.13. The highest BCUT2D eigenvalue weighted by Crippen LogP contribution is 2.37. The van der Waals surface area contributed by atoms with Crippen LogP contribution >= 0.6 is 22.9 Å². The van der Waals surface area contributed by atoms with Gasteiger partial charge in [-0.15, -0.1) is 11.3 Å². The molecule has 0 spiro atoms. The van der Waals surface area contributed by atoms with Crippen molar-refractivity contribution in [3.05, 3.63) is 69.3 Å². The number of hydrogen-bond donors (Lipinski definition) is 2. The molecule has 0 radical (unpaired) electrons. The van der Waals surface area contributed by atoms with Crippen LogP contribution in [0.4, 0.5) is 18.9 Å². The third-order valence-corrected chi connectivity index (χ3v) is 5.17. The van der Waals surface area contributed by atoms with Gasteiger partial charge in [0.2, 0.25) is 5.82 Å². The third-order valence-electron chi connectivity index (χ3n) is 3.91. The molecule has 2 N–H and O–H groups in total. The van der Waals surface area contributed by atoms with E-state index in [2.05, 4.69) is 10.1 Å². The van der Waals surface area contributed by atoms with E-state index in [0.717, 1.165) is 18.4 Å². The van der Waals surface area contributed by atoms with Crippen molar-refractivity contribution < 1.29 is 32.6 Å². The third kappa shape index (κ3) is 3.92. The Balaban J connectivity index is 2.01. The summed E-state index contributed by atoms with van der Waals surface area (Å²) in [5.74, 6) is -8.11. The average Bonchev–Trinajstić information content (AvgIpc) is 3.09. The van der Waals surface area contributed by atoms with Crippen molar-refractivity contribution in [1.82, 2.24) is 0 Å². The van der Waals surface area contributed by atoms with E-state index in [1.165, 1.54) is 5.38 Å². The van der Waals surface area contributed by atoms with E-state index < -0.39 is 40.6 Å². The Kier molecular flexibility index (Phi) is 5.81. The second-order valence-corrected chi connectivity index (χ2v) is 7.01. The van der Waals surface area contributed by atoms with Crippen molar-refractivity contribution in [1.29, 1.82) is 0 Å². The minimum absolute atomic E-state index is 0.154. The van der Waals surface area contributed by atoms with Crippen LogP contribution in [0.3, 0.4) is 0 Å². The van der Waals surface area contributed by atoms with Crippen LogP contribution < -0.4 is 10.1 Å². The molecule has 0 aliphatic heterocycles. The number of aromatic carboxylic acids is 1. The van der Waals surface area contributed by atoms with Gasteiger partial charge >= 0.3 is 5.97 Å². The number of benzene rings is 2. The van der Waals surface area contributed by atoms with Crippen molar-refractivity contribution in [2.24, 2.45) is 0 Å². The van der Waals surface area contributed by atoms with Gasteiger partial charge in [0.25, 0.3) is 5.91 Å². The first-order valence-electron chi connectivity index (χ1n) is 7.88. The zero-order valence-electron chi connectivity index (χ0n) is 14.6. The van der Waals surface area contributed by atoms with Gasteiger partial charge in [-0.05, 0) is 23.8 Å². The summed E-state index contributed by atoms with van der Waals surface area (Å²) in [7, 11) is 0.947. The lowest BCUT2D eigenvalue weighted by Gasteiger charge is -2.10. The van der Waals surface area contributed by atoms with Crippen LogP contribution in [0.15, 0.2) is 35.7 Å². The molecule has 0 atom stereocenters. The predicted molar refractivity (Wildman–Crippen MR) is 103 cm³/mol. The summed E-state index contributed by atoms with van der Waals surface area (Å²) in [5.41, 5.74) is -0.861. The normalized spacial score (nSPS) is 10.7. The molecule has 0 aliphatic carbocycles. The van der Waals surface area contributed by atoms with E-state index in [1.54, 1.807) is 24.3 Å². The summed E-state index contributed by atoms with van der Waals surface area (Å²) in [6.45, 7) is 0. The number of anilines is 1. The van der Waals surface area contributed by atoms with Gasteiger partial charge in [-0.2, -0.15) is 4.39 Å². The Labute approximate surface area is 171 Å². The molecule has 0 saturated heterocycles. The standard InChI is InChI=1S/C19H11ClF3NO4S/c1-28-16-11(21)6-10(14(22)15(16)23)18(25)24-12-7-29-17(13(12)19(26)27)8-3-2-4-9(20)5-8/h2-7H,1H3,(H,24,25)(H,26,27). The number of carbonyl (C=O) groups is 2. The fourth-order valence-electron chi connectivity index (χ4n) is 2.62. The lowest BCUT2D eigenvalue weighted by molar-refractivity contribution is 0.0699. The Morgan fingerprint density at radius 1 is 1.17 bits per heavy atom. The number of rotatable bonds is 5. The van der Waals surface area contributed by atoms with Gasteiger partial charge in [-0.1, -0.05) is 23.7 Å². The molecule has 1 amide bonds. The lowest BCUT2D eigenvalue weighted by Crippen LogP contribution is -2.17. The molecule has 0 saturated carbocycles. The minimum atomic E-state index is -1.67. The van der Waals surface area contributed by atoms with Gasteiger partial charge in [0.15, 0.2) is 17.4 Å². The summed E-state index contributed by atoms with van der Waals surface area (Å²) in [6, 6.07) is 6.87. The van der Waals surface area contributed by atoms with Crippen LogP contribution in [0, 0.1) is 17.5 Å². The number of methoxy groups -OCH3 is 1. The van der Waals surface area contributed by atoms with Gasteiger partial charge in [0.05, 0.1) is 23.2 Å². The number of carboxylic acid groups (broad SMARTS) is 1. The van der Waals surface area contributed by atoms with Crippen molar-refractivity contribution in [2.45, 2.75) is 0 Å². The fraction of sp³-hybridized carbons (Fsp3) is 0.0526. The van der Waals surface area contributed by atoms with Crippen molar-refractivity contribution in [2.75, 3.05) is 12.4 Å². The molecular weight excluding hydrogens is 431 g/mol. The molecule has 3 aromatic rings. The summed E-state index contributed by atoms with van der Waals surface area (Å²) in [4.78, 5) is 24.4. The molecule has 29 heavy (non-hydrogen) atoms. The number of nitrogens with one attached hydrogen (secondary N) is 1. The van der Waals surface area contributed by atoms with Crippen LogP contribution in [-0.4, -0.2) is 24.1 Å². The van der Waals surface area contributed by atoms with Gasteiger partial charge in [0, 0.05) is 10.4 Å². The molecule has 1 aromatic heterocycles. The largest absolute Gasteiger partial charge is 0.491 e. The Morgan fingerprint density at radius 2 is 1.90 bits per heavy atom. The first kappa shape index (κ1) is 20.7. The Bertz CT molecular complexity index is 1130. The van der Waals surface area contributed by atoms with Crippen LogP contribution in [-0.2, 0) is 0 Å². The second-order valence-electron chi connectivity index (χ2n) is 5.69. The Morgan fingerprint density at radius 3 is 2.52 bits per heavy atom. The highest BCUT2D eigenvalue weighted by atomic mass is 35.5. The summed E-state index contributed by atoms with van der Waals surface area (Å²) >= 11 is 6.94. The van der Waals surface area contributed by atoms with Gasteiger partial charge in [-0.25, -0.2) is 13.6 Å². The summed E-state index contributed by atoms with van der Waals surface area (Å²) in [6.07, 6.45) is 0. The predicted octanol–water partition coefficient (Wildman–Crippen LogP) is 5.44. The van der Waals surface area contributed by atoms with E-state index >= 15 is 0 Å². The smallest absolute Gasteiger partial charge is 0.339 e. The molecule has 0 aliphatic rings. The van der Waals surface area contributed by atoms with Gasteiger partial charge in [-0.3, -0.25) is 4.79 Å². The Hall–Kier alpha value is -3.04. The van der Waals surface area contributed by atoms with E-state index in [4.69, 9.17) is 11.6 Å². The number of thiophene rings is 1. The van der Waals surface area contributed by atoms with Crippen molar-refractivity contribution >= 4 is 40.5 Å². The van der Waals surface area contributed by atoms with E-state index in [-0.39, 0.29) is 11.3 Å². The number of carbonyl (C=O) groups excluding carboxylic acids is 1. The maximum atomic E-state index is 14.1.